The third kappa shape index (κ3) is 5.06. The molecule has 1 rings (SSSR count). The summed E-state index contributed by atoms with van der Waals surface area (Å²) in [6.07, 6.45) is 0. The molecule has 0 radical (unpaired) electrons. The molecule has 2 amide bonds. The minimum absolute atomic E-state index is 0.0509. The zero-order valence-corrected chi connectivity index (χ0v) is 14.4. The second-order valence-corrected chi connectivity index (χ2v) is 6.18. The standard InChI is InChI=1S/C17H27N3O2/c1-12(2)16(18-13(3)21)17(22)20(6)11-14-7-9-15(10-8-14)19(4)5/h7-10,12,16H,11H2,1-6H3,(H,18,21)/t16-/m0/s1. The lowest BCUT2D eigenvalue weighted by molar-refractivity contribution is -0.136. The van der Waals surface area contributed by atoms with Gasteiger partial charge in [-0.1, -0.05) is 26.0 Å². The van der Waals surface area contributed by atoms with Gasteiger partial charge in [-0.15, -0.1) is 0 Å². The number of nitrogens with one attached hydrogen (secondary N) is 1. The number of amides is 2. The van der Waals surface area contributed by atoms with Gasteiger partial charge in [0.05, 0.1) is 0 Å². The van der Waals surface area contributed by atoms with E-state index in [9.17, 15) is 9.59 Å². The Morgan fingerprint density at radius 3 is 2.05 bits per heavy atom. The second-order valence-electron chi connectivity index (χ2n) is 6.18. The van der Waals surface area contributed by atoms with Crippen LogP contribution in [0.3, 0.4) is 0 Å². The fraction of sp³-hybridized carbons (Fsp3) is 0.529. The Bertz CT molecular complexity index is 509. The first-order chi connectivity index (χ1) is 10.2. The summed E-state index contributed by atoms with van der Waals surface area (Å²) in [6, 6.07) is 7.61. The number of rotatable bonds is 6. The van der Waals surface area contributed by atoms with Gasteiger partial charge in [0.1, 0.15) is 6.04 Å². The van der Waals surface area contributed by atoms with Crippen LogP contribution in [0, 0.1) is 5.92 Å². The summed E-state index contributed by atoms with van der Waals surface area (Å²) in [6.45, 7) is 5.81. The summed E-state index contributed by atoms with van der Waals surface area (Å²) in [5.41, 5.74) is 2.18. The molecule has 1 N–H and O–H groups in total. The lowest BCUT2D eigenvalue weighted by atomic mass is 10.0. The predicted octanol–water partition coefficient (Wildman–Crippen LogP) is 1.87. The van der Waals surface area contributed by atoms with Crippen molar-refractivity contribution in [3.05, 3.63) is 29.8 Å². The number of likely N-dealkylation sites (N-methyl/N-ethyl adjacent to an activating group) is 1. The van der Waals surface area contributed by atoms with E-state index < -0.39 is 6.04 Å². The third-order valence-electron chi connectivity index (χ3n) is 3.54. The summed E-state index contributed by atoms with van der Waals surface area (Å²) in [5.74, 6) is -0.201. The number of hydrogen-bond acceptors (Lipinski definition) is 3. The zero-order valence-electron chi connectivity index (χ0n) is 14.4. The Kier molecular flexibility index (Phi) is 6.40. The molecule has 0 fully saturated rings. The first-order valence-corrected chi connectivity index (χ1v) is 7.50. The van der Waals surface area contributed by atoms with Crippen molar-refractivity contribution in [3.63, 3.8) is 0 Å². The maximum absolute atomic E-state index is 12.5. The van der Waals surface area contributed by atoms with E-state index in [1.54, 1.807) is 11.9 Å². The molecular weight excluding hydrogens is 278 g/mol. The molecule has 0 spiro atoms. The molecule has 0 saturated carbocycles. The Hall–Kier alpha value is -2.04. The van der Waals surface area contributed by atoms with E-state index in [0.29, 0.717) is 6.54 Å². The molecule has 0 heterocycles. The highest BCUT2D eigenvalue weighted by Gasteiger charge is 2.25. The van der Waals surface area contributed by atoms with Crippen LogP contribution in [0.1, 0.15) is 26.3 Å². The molecule has 0 bridgehead atoms. The summed E-state index contributed by atoms with van der Waals surface area (Å²) >= 11 is 0. The van der Waals surface area contributed by atoms with Crippen LogP contribution in [0.2, 0.25) is 0 Å². The largest absolute Gasteiger partial charge is 0.378 e. The van der Waals surface area contributed by atoms with Crippen LogP contribution in [-0.2, 0) is 16.1 Å². The maximum Gasteiger partial charge on any atom is 0.245 e. The molecule has 122 valence electrons. The van der Waals surface area contributed by atoms with Gasteiger partial charge in [-0.2, -0.15) is 0 Å². The lowest BCUT2D eigenvalue weighted by Crippen LogP contribution is -2.49. The maximum atomic E-state index is 12.5. The molecule has 22 heavy (non-hydrogen) atoms. The first kappa shape index (κ1) is 18.0. The third-order valence-corrected chi connectivity index (χ3v) is 3.54. The van der Waals surface area contributed by atoms with E-state index in [4.69, 9.17) is 0 Å². The topological polar surface area (TPSA) is 52.7 Å². The normalized spacial score (nSPS) is 12.0. The van der Waals surface area contributed by atoms with Crippen molar-refractivity contribution in [1.29, 1.82) is 0 Å². The monoisotopic (exact) mass is 305 g/mol. The summed E-state index contributed by atoms with van der Waals surface area (Å²) in [4.78, 5) is 27.5. The second kappa shape index (κ2) is 7.82. The average Bonchev–Trinajstić information content (AvgIpc) is 2.44. The molecule has 0 unspecified atom stereocenters. The van der Waals surface area contributed by atoms with E-state index in [1.807, 2.05) is 57.1 Å². The van der Waals surface area contributed by atoms with Crippen molar-refractivity contribution < 1.29 is 9.59 Å². The number of nitrogens with zero attached hydrogens (tertiary/aromatic N) is 2. The van der Waals surface area contributed by atoms with Crippen molar-refractivity contribution in [2.75, 3.05) is 26.0 Å². The zero-order chi connectivity index (χ0) is 16.9. The van der Waals surface area contributed by atoms with Crippen LogP contribution in [0.5, 0.6) is 0 Å². The molecule has 0 aliphatic carbocycles. The molecule has 0 aliphatic rings. The molecule has 0 aliphatic heterocycles. The van der Waals surface area contributed by atoms with Crippen LogP contribution < -0.4 is 10.2 Å². The van der Waals surface area contributed by atoms with Gasteiger partial charge in [-0.3, -0.25) is 9.59 Å². The summed E-state index contributed by atoms with van der Waals surface area (Å²) in [7, 11) is 5.75. The van der Waals surface area contributed by atoms with Crippen LogP contribution in [0.4, 0.5) is 5.69 Å². The van der Waals surface area contributed by atoms with Gasteiger partial charge in [0.25, 0.3) is 0 Å². The van der Waals surface area contributed by atoms with Gasteiger partial charge in [-0.25, -0.2) is 0 Å². The highest BCUT2D eigenvalue weighted by molar-refractivity contribution is 5.86. The van der Waals surface area contributed by atoms with Crippen molar-refractivity contribution in [2.24, 2.45) is 5.92 Å². The smallest absolute Gasteiger partial charge is 0.245 e. The first-order valence-electron chi connectivity index (χ1n) is 7.50. The highest BCUT2D eigenvalue weighted by Crippen LogP contribution is 2.14. The van der Waals surface area contributed by atoms with E-state index in [2.05, 4.69) is 5.32 Å². The highest BCUT2D eigenvalue weighted by atomic mass is 16.2. The van der Waals surface area contributed by atoms with Gasteiger partial charge in [-0.05, 0) is 23.6 Å². The quantitative estimate of drug-likeness (QED) is 0.873. The van der Waals surface area contributed by atoms with Crippen molar-refractivity contribution in [3.8, 4) is 0 Å². The van der Waals surface area contributed by atoms with Crippen molar-refractivity contribution >= 4 is 17.5 Å². The lowest BCUT2D eigenvalue weighted by Gasteiger charge is -2.27. The van der Waals surface area contributed by atoms with Gasteiger partial charge < -0.3 is 15.1 Å². The molecule has 1 aromatic rings. The molecule has 5 heteroatoms. The van der Waals surface area contributed by atoms with Gasteiger partial charge in [0, 0.05) is 40.3 Å². The van der Waals surface area contributed by atoms with E-state index in [-0.39, 0.29) is 17.7 Å². The molecule has 1 atom stereocenters. The summed E-state index contributed by atoms with van der Waals surface area (Å²) in [5, 5.41) is 2.73. The van der Waals surface area contributed by atoms with Crippen LogP contribution in [0.25, 0.3) is 0 Å². The number of hydrogen-bond donors (Lipinski definition) is 1. The number of carbonyl (C=O) groups excluding carboxylic acids is 2. The van der Waals surface area contributed by atoms with Gasteiger partial charge >= 0.3 is 0 Å². The fourth-order valence-corrected chi connectivity index (χ4v) is 2.22. The fourth-order valence-electron chi connectivity index (χ4n) is 2.22. The Balaban J connectivity index is 2.75. The van der Waals surface area contributed by atoms with E-state index in [1.165, 1.54) is 6.92 Å². The van der Waals surface area contributed by atoms with Crippen LogP contribution in [-0.4, -0.2) is 43.9 Å². The average molecular weight is 305 g/mol. The molecule has 1 aromatic carbocycles. The minimum Gasteiger partial charge on any atom is -0.378 e. The summed E-state index contributed by atoms with van der Waals surface area (Å²) < 4.78 is 0. The molecule has 5 nitrogen and oxygen atoms in total. The molecule has 0 saturated heterocycles. The van der Waals surface area contributed by atoms with Gasteiger partial charge in [0.2, 0.25) is 11.8 Å². The molecular formula is C17H27N3O2. The van der Waals surface area contributed by atoms with Gasteiger partial charge in [0.15, 0.2) is 0 Å². The Morgan fingerprint density at radius 1 is 1.09 bits per heavy atom. The van der Waals surface area contributed by atoms with Crippen molar-refractivity contribution in [2.45, 2.75) is 33.4 Å². The number of carbonyl (C=O) groups is 2. The Morgan fingerprint density at radius 2 is 1.64 bits per heavy atom. The minimum atomic E-state index is -0.483. The SMILES string of the molecule is CC(=O)N[C@H](C(=O)N(C)Cc1ccc(N(C)C)cc1)C(C)C. The van der Waals surface area contributed by atoms with Crippen LogP contribution in [0.15, 0.2) is 24.3 Å². The predicted molar refractivity (Wildman–Crippen MR) is 89.7 cm³/mol. The van der Waals surface area contributed by atoms with E-state index in [0.717, 1.165) is 11.3 Å². The molecule has 0 aromatic heterocycles. The number of benzene rings is 1. The van der Waals surface area contributed by atoms with E-state index >= 15 is 0 Å². The number of anilines is 1. The van der Waals surface area contributed by atoms with Crippen molar-refractivity contribution in [1.82, 2.24) is 10.2 Å². The Labute approximate surface area is 133 Å². The van der Waals surface area contributed by atoms with Crippen LogP contribution >= 0.6 is 0 Å².